The standard InChI is InChI=1S/C17H21FN2/c1-3-9-20-16(11-14-7-5-10-19-12-14)15-8-4-6-13(2)17(15)18/h4-8,10,12,16,20H,3,9,11H2,1-2H3. The van der Waals surface area contributed by atoms with Gasteiger partial charge in [-0.15, -0.1) is 0 Å². The molecule has 0 aliphatic carbocycles. The first-order valence-corrected chi connectivity index (χ1v) is 7.09. The predicted molar refractivity (Wildman–Crippen MR) is 80.1 cm³/mol. The summed E-state index contributed by atoms with van der Waals surface area (Å²) in [6.45, 7) is 4.79. The van der Waals surface area contributed by atoms with E-state index in [2.05, 4.69) is 17.2 Å². The van der Waals surface area contributed by atoms with E-state index in [0.29, 0.717) is 5.56 Å². The van der Waals surface area contributed by atoms with E-state index in [9.17, 15) is 4.39 Å². The molecule has 2 aromatic rings. The van der Waals surface area contributed by atoms with Crippen molar-refractivity contribution in [2.45, 2.75) is 32.7 Å². The number of halogens is 1. The van der Waals surface area contributed by atoms with Crippen molar-refractivity contribution in [2.75, 3.05) is 6.54 Å². The van der Waals surface area contributed by atoms with Gasteiger partial charge in [-0.2, -0.15) is 0 Å². The number of hydrogen-bond acceptors (Lipinski definition) is 2. The molecule has 0 saturated carbocycles. The molecule has 0 bridgehead atoms. The molecule has 0 radical (unpaired) electrons. The van der Waals surface area contributed by atoms with Crippen LogP contribution >= 0.6 is 0 Å². The van der Waals surface area contributed by atoms with E-state index in [1.807, 2.05) is 30.5 Å². The van der Waals surface area contributed by atoms with Crippen LogP contribution in [0.5, 0.6) is 0 Å². The van der Waals surface area contributed by atoms with Gasteiger partial charge in [-0.1, -0.05) is 31.2 Å². The van der Waals surface area contributed by atoms with Gasteiger partial charge in [-0.05, 0) is 43.5 Å². The van der Waals surface area contributed by atoms with E-state index in [1.165, 1.54) is 0 Å². The quantitative estimate of drug-likeness (QED) is 0.865. The lowest BCUT2D eigenvalue weighted by Crippen LogP contribution is -2.25. The van der Waals surface area contributed by atoms with Gasteiger partial charge in [0.25, 0.3) is 0 Å². The Morgan fingerprint density at radius 2 is 2.10 bits per heavy atom. The van der Waals surface area contributed by atoms with Crippen molar-refractivity contribution in [1.82, 2.24) is 10.3 Å². The summed E-state index contributed by atoms with van der Waals surface area (Å²) in [4.78, 5) is 4.13. The second-order valence-electron chi connectivity index (χ2n) is 5.05. The van der Waals surface area contributed by atoms with Crippen LogP contribution in [0, 0.1) is 12.7 Å². The zero-order valence-corrected chi connectivity index (χ0v) is 12.1. The van der Waals surface area contributed by atoms with Crippen molar-refractivity contribution in [1.29, 1.82) is 0 Å². The average molecular weight is 272 g/mol. The number of aryl methyl sites for hydroxylation is 1. The Kier molecular flexibility index (Phi) is 5.24. The van der Waals surface area contributed by atoms with E-state index in [4.69, 9.17) is 0 Å². The summed E-state index contributed by atoms with van der Waals surface area (Å²) in [5.41, 5.74) is 2.54. The van der Waals surface area contributed by atoms with Crippen LogP contribution in [-0.2, 0) is 6.42 Å². The molecule has 2 nitrogen and oxygen atoms in total. The van der Waals surface area contributed by atoms with E-state index >= 15 is 0 Å². The predicted octanol–water partition coefficient (Wildman–Crippen LogP) is 3.81. The minimum atomic E-state index is -0.106. The maximum atomic E-state index is 14.3. The van der Waals surface area contributed by atoms with Crippen molar-refractivity contribution in [3.8, 4) is 0 Å². The number of benzene rings is 1. The fourth-order valence-corrected chi connectivity index (χ4v) is 2.30. The Hall–Kier alpha value is -1.74. The molecule has 0 aliphatic heterocycles. The highest BCUT2D eigenvalue weighted by molar-refractivity contribution is 5.29. The van der Waals surface area contributed by atoms with Gasteiger partial charge >= 0.3 is 0 Å². The van der Waals surface area contributed by atoms with Gasteiger partial charge in [0.2, 0.25) is 0 Å². The van der Waals surface area contributed by atoms with E-state index in [-0.39, 0.29) is 11.9 Å². The van der Waals surface area contributed by atoms with Crippen molar-refractivity contribution in [3.05, 3.63) is 65.2 Å². The monoisotopic (exact) mass is 272 g/mol. The topological polar surface area (TPSA) is 24.9 Å². The highest BCUT2D eigenvalue weighted by atomic mass is 19.1. The third-order valence-corrected chi connectivity index (χ3v) is 3.40. The minimum Gasteiger partial charge on any atom is -0.310 e. The van der Waals surface area contributed by atoms with Gasteiger partial charge in [-0.3, -0.25) is 4.98 Å². The molecular formula is C17H21FN2. The lowest BCUT2D eigenvalue weighted by atomic mass is 9.97. The molecule has 0 spiro atoms. The van der Waals surface area contributed by atoms with Crippen LogP contribution in [-0.4, -0.2) is 11.5 Å². The third kappa shape index (κ3) is 3.64. The Morgan fingerprint density at radius 1 is 1.25 bits per heavy atom. The van der Waals surface area contributed by atoms with Crippen molar-refractivity contribution < 1.29 is 4.39 Å². The average Bonchev–Trinajstić information content (AvgIpc) is 2.48. The Bertz CT molecular complexity index is 540. The minimum absolute atomic E-state index is 0.0148. The first-order valence-electron chi connectivity index (χ1n) is 7.09. The first-order chi connectivity index (χ1) is 9.72. The van der Waals surface area contributed by atoms with Crippen LogP contribution in [0.15, 0.2) is 42.7 Å². The van der Waals surface area contributed by atoms with E-state index in [0.717, 1.165) is 30.5 Å². The second kappa shape index (κ2) is 7.15. The number of rotatable bonds is 6. The highest BCUT2D eigenvalue weighted by Gasteiger charge is 2.16. The van der Waals surface area contributed by atoms with Crippen molar-refractivity contribution in [2.24, 2.45) is 0 Å². The van der Waals surface area contributed by atoms with Gasteiger partial charge in [0.1, 0.15) is 5.82 Å². The first kappa shape index (κ1) is 14.7. The van der Waals surface area contributed by atoms with Crippen LogP contribution in [0.2, 0.25) is 0 Å². The Morgan fingerprint density at radius 3 is 2.80 bits per heavy atom. The molecule has 1 aromatic carbocycles. The largest absolute Gasteiger partial charge is 0.310 e. The molecular weight excluding hydrogens is 251 g/mol. The number of nitrogens with one attached hydrogen (secondary N) is 1. The second-order valence-corrected chi connectivity index (χ2v) is 5.05. The zero-order valence-electron chi connectivity index (χ0n) is 12.1. The van der Waals surface area contributed by atoms with Crippen LogP contribution in [0.4, 0.5) is 4.39 Å². The van der Waals surface area contributed by atoms with E-state index in [1.54, 1.807) is 19.2 Å². The molecule has 1 heterocycles. The number of pyridine rings is 1. The number of aromatic nitrogens is 1. The maximum absolute atomic E-state index is 14.3. The molecule has 1 atom stereocenters. The molecule has 0 saturated heterocycles. The summed E-state index contributed by atoms with van der Waals surface area (Å²) in [6.07, 6.45) is 5.37. The SMILES string of the molecule is CCCNC(Cc1cccnc1)c1cccc(C)c1F. The summed E-state index contributed by atoms with van der Waals surface area (Å²) >= 11 is 0. The third-order valence-electron chi connectivity index (χ3n) is 3.40. The molecule has 3 heteroatoms. The molecule has 2 rings (SSSR count). The smallest absolute Gasteiger partial charge is 0.130 e. The van der Waals surface area contributed by atoms with Crippen LogP contribution < -0.4 is 5.32 Å². The Balaban J connectivity index is 2.25. The zero-order chi connectivity index (χ0) is 14.4. The molecule has 20 heavy (non-hydrogen) atoms. The van der Waals surface area contributed by atoms with Crippen molar-refractivity contribution >= 4 is 0 Å². The molecule has 0 fully saturated rings. The molecule has 0 amide bonds. The molecule has 106 valence electrons. The summed E-state index contributed by atoms with van der Waals surface area (Å²) in [5.74, 6) is -0.106. The van der Waals surface area contributed by atoms with Crippen LogP contribution in [0.1, 0.15) is 36.1 Å². The van der Waals surface area contributed by atoms with Crippen molar-refractivity contribution in [3.63, 3.8) is 0 Å². The lowest BCUT2D eigenvalue weighted by molar-refractivity contribution is 0.494. The molecule has 1 N–H and O–H groups in total. The number of hydrogen-bond donors (Lipinski definition) is 1. The molecule has 1 unspecified atom stereocenters. The fourth-order valence-electron chi connectivity index (χ4n) is 2.30. The lowest BCUT2D eigenvalue weighted by Gasteiger charge is -2.20. The summed E-state index contributed by atoms with van der Waals surface area (Å²) < 4.78 is 14.3. The number of nitrogens with zero attached hydrogens (tertiary/aromatic N) is 1. The Labute approximate surface area is 120 Å². The summed E-state index contributed by atoms with van der Waals surface area (Å²) in [5, 5.41) is 3.43. The molecule has 0 aliphatic rings. The van der Waals surface area contributed by atoms with Gasteiger partial charge in [0.05, 0.1) is 0 Å². The highest BCUT2D eigenvalue weighted by Crippen LogP contribution is 2.23. The van der Waals surface area contributed by atoms with Crippen LogP contribution in [0.3, 0.4) is 0 Å². The molecule has 1 aromatic heterocycles. The van der Waals surface area contributed by atoms with Gasteiger partial charge in [0.15, 0.2) is 0 Å². The van der Waals surface area contributed by atoms with Gasteiger partial charge < -0.3 is 5.32 Å². The summed E-state index contributed by atoms with van der Waals surface area (Å²) in [6, 6.07) is 9.52. The van der Waals surface area contributed by atoms with Gasteiger partial charge in [-0.25, -0.2) is 4.39 Å². The van der Waals surface area contributed by atoms with E-state index < -0.39 is 0 Å². The summed E-state index contributed by atoms with van der Waals surface area (Å²) in [7, 11) is 0. The maximum Gasteiger partial charge on any atom is 0.130 e. The normalized spacial score (nSPS) is 12.3. The fraction of sp³-hybridized carbons (Fsp3) is 0.353. The van der Waals surface area contributed by atoms with Crippen LogP contribution in [0.25, 0.3) is 0 Å². The van der Waals surface area contributed by atoms with Gasteiger partial charge in [0, 0.05) is 24.0 Å².